The number of nitrogens with zero attached hydrogens (tertiary/aromatic N) is 2. The van der Waals surface area contributed by atoms with Crippen LogP contribution < -0.4 is 10.2 Å². The fraction of sp³-hybridized carbons (Fsp3) is 0.769. The third-order valence-electron chi connectivity index (χ3n) is 3.29. The number of aromatic nitrogens is 1. The number of thiazole rings is 1. The number of hydrogen-bond donors (Lipinski definition) is 1. The Kier molecular flexibility index (Phi) is 5.26. The standard InChI is InChI=1S/C13H20F3N3S/c1-2-6-17-9-10-11(13(14,15)16)18-12(20-10)19-7-4-3-5-8-19/h17H,2-9H2,1H3. The molecule has 1 aliphatic rings. The summed E-state index contributed by atoms with van der Waals surface area (Å²) in [6.45, 7) is 4.57. The quantitative estimate of drug-likeness (QED) is 0.842. The Hall–Kier alpha value is -0.820. The van der Waals surface area contributed by atoms with Gasteiger partial charge in [0.25, 0.3) is 0 Å². The predicted molar refractivity (Wildman–Crippen MR) is 75.2 cm³/mol. The zero-order valence-corrected chi connectivity index (χ0v) is 12.4. The second-order valence-electron chi connectivity index (χ2n) is 4.99. The van der Waals surface area contributed by atoms with Crippen molar-refractivity contribution >= 4 is 16.5 Å². The summed E-state index contributed by atoms with van der Waals surface area (Å²) < 4.78 is 39.1. The van der Waals surface area contributed by atoms with Gasteiger partial charge in [0.05, 0.1) is 4.88 Å². The van der Waals surface area contributed by atoms with Crippen LogP contribution in [-0.2, 0) is 12.7 Å². The molecule has 0 unspecified atom stereocenters. The van der Waals surface area contributed by atoms with Gasteiger partial charge in [-0.3, -0.25) is 0 Å². The summed E-state index contributed by atoms with van der Waals surface area (Å²) in [6, 6.07) is 0. The number of hydrogen-bond acceptors (Lipinski definition) is 4. The minimum absolute atomic E-state index is 0.244. The van der Waals surface area contributed by atoms with Gasteiger partial charge in [-0.1, -0.05) is 18.3 Å². The van der Waals surface area contributed by atoms with E-state index in [2.05, 4.69) is 10.3 Å². The van der Waals surface area contributed by atoms with Gasteiger partial charge in [-0.15, -0.1) is 0 Å². The van der Waals surface area contributed by atoms with Gasteiger partial charge in [0.1, 0.15) is 0 Å². The highest BCUT2D eigenvalue weighted by Gasteiger charge is 2.38. The lowest BCUT2D eigenvalue weighted by atomic mass is 10.1. The van der Waals surface area contributed by atoms with E-state index in [4.69, 9.17) is 0 Å². The molecule has 3 nitrogen and oxygen atoms in total. The summed E-state index contributed by atoms with van der Waals surface area (Å²) >= 11 is 1.18. The normalized spacial score (nSPS) is 16.7. The number of rotatable bonds is 5. The molecule has 1 aliphatic heterocycles. The molecule has 114 valence electrons. The number of nitrogens with one attached hydrogen (secondary N) is 1. The molecule has 0 amide bonds. The molecular formula is C13H20F3N3S. The molecule has 0 spiro atoms. The van der Waals surface area contributed by atoms with Crippen LogP contribution in [0.5, 0.6) is 0 Å². The summed E-state index contributed by atoms with van der Waals surface area (Å²) in [5.74, 6) is 0. The van der Waals surface area contributed by atoms with E-state index in [-0.39, 0.29) is 6.54 Å². The Labute approximate surface area is 121 Å². The van der Waals surface area contributed by atoms with Crippen molar-refractivity contribution in [2.45, 2.75) is 45.3 Å². The minimum Gasteiger partial charge on any atom is -0.348 e. The van der Waals surface area contributed by atoms with Crippen LogP contribution >= 0.6 is 11.3 Å². The molecule has 1 fully saturated rings. The van der Waals surface area contributed by atoms with Gasteiger partial charge < -0.3 is 10.2 Å². The first-order chi connectivity index (χ1) is 9.52. The molecule has 1 aromatic rings. The van der Waals surface area contributed by atoms with Crippen molar-refractivity contribution in [3.63, 3.8) is 0 Å². The van der Waals surface area contributed by atoms with Crippen molar-refractivity contribution in [2.75, 3.05) is 24.5 Å². The Bertz CT molecular complexity index is 425. The molecule has 1 saturated heterocycles. The first-order valence-corrected chi connectivity index (χ1v) is 7.86. The molecule has 0 atom stereocenters. The first-order valence-electron chi connectivity index (χ1n) is 7.05. The number of halogens is 3. The van der Waals surface area contributed by atoms with E-state index in [1.807, 2.05) is 11.8 Å². The maximum absolute atomic E-state index is 13.0. The third-order valence-corrected chi connectivity index (χ3v) is 4.41. The van der Waals surface area contributed by atoms with E-state index in [9.17, 15) is 13.2 Å². The largest absolute Gasteiger partial charge is 0.434 e. The Morgan fingerprint density at radius 1 is 1.25 bits per heavy atom. The highest BCUT2D eigenvalue weighted by Crippen LogP contribution is 2.37. The molecule has 2 heterocycles. The average molecular weight is 307 g/mol. The zero-order valence-electron chi connectivity index (χ0n) is 11.6. The van der Waals surface area contributed by atoms with Crippen molar-refractivity contribution in [1.82, 2.24) is 10.3 Å². The van der Waals surface area contributed by atoms with Gasteiger partial charge in [-0.25, -0.2) is 4.98 Å². The SMILES string of the molecule is CCCNCc1sc(N2CCCCC2)nc1C(F)(F)F. The van der Waals surface area contributed by atoms with Crippen LogP contribution in [0.2, 0.25) is 0 Å². The lowest BCUT2D eigenvalue weighted by Crippen LogP contribution is -2.29. The lowest BCUT2D eigenvalue weighted by molar-refractivity contribution is -0.141. The van der Waals surface area contributed by atoms with Crippen molar-refractivity contribution in [3.8, 4) is 0 Å². The molecule has 0 radical (unpaired) electrons. The summed E-state index contributed by atoms with van der Waals surface area (Å²) in [4.78, 5) is 6.14. The van der Waals surface area contributed by atoms with Gasteiger partial charge in [0.2, 0.25) is 0 Å². The van der Waals surface area contributed by atoms with Crippen LogP contribution in [0.1, 0.15) is 43.2 Å². The van der Waals surface area contributed by atoms with Crippen LogP contribution in [0.25, 0.3) is 0 Å². The van der Waals surface area contributed by atoms with Crippen LogP contribution in [0.15, 0.2) is 0 Å². The van der Waals surface area contributed by atoms with Gasteiger partial charge in [0, 0.05) is 19.6 Å². The summed E-state index contributed by atoms with van der Waals surface area (Å²) in [7, 11) is 0. The van der Waals surface area contributed by atoms with E-state index in [0.717, 1.165) is 38.8 Å². The van der Waals surface area contributed by atoms with E-state index in [1.54, 1.807) is 0 Å². The lowest BCUT2D eigenvalue weighted by Gasteiger charge is -2.25. The monoisotopic (exact) mass is 307 g/mol. The molecule has 20 heavy (non-hydrogen) atoms. The van der Waals surface area contributed by atoms with Gasteiger partial charge in [0.15, 0.2) is 10.8 Å². The number of piperidine rings is 1. The van der Waals surface area contributed by atoms with E-state index < -0.39 is 11.9 Å². The molecule has 2 rings (SSSR count). The highest BCUT2D eigenvalue weighted by molar-refractivity contribution is 7.15. The van der Waals surface area contributed by atoms with Crippen LogP contribution in [-0.4, -0.2) is 24.6 Å². The summed E-state index contributed by atoms with van der Waals surface area (Å²) in [6.07, 6.45) is -0.249. The molecule has 0 aromatic carbocycles. The molecule has 0 aliphatic carbocycles. The van der Waals surface area contributed by atoms with Crippen molar-refractivity contribution < 1.29 is 13.2 Å². The van der Waals surface area contributed by atoms with Gasteiger partial charge >= 0.3 is 6.18 Å². The molecule has 0 saturated carbocycles. The first kappa shape index (κ1) is 15.6. The summed E-state index contributed by atoms with van der Waals surface area (Å²) in [5.41, 5.74) is -0.716. The number of alkyl halides is 3. The van der Waals surface area contributed by atoms with Crippen LogP contribution in [0.3, 0.4) is 0 Å². The predicted octanol–water partition coefficient (Wildman–Crippen LogP) is 3.65. The molecule has 1 N–H and O–H groups in total. The van der Waals surface area contributed by atoms with Crippen molar-refractivity contribution in [2.24, 2.45) is 0 Å². The maximum atomic E-state index is 13.0. The second-order valence-corrected chi connectivity index (χ2v) is 6.05. The maximum Gasteiger partial charge on any atom is 0.434 e. The molecule has 0 bridgehead atoms. The minimum atomic E-state index is -4.37. The Morgan fingerprint density at radius 2 is 1.95 bits per heavy atom. The van der Waals surface area contributed by atoms with Crippen molar-refractivity contribution in [1.29, 1.82) is 0 Å². The number of anilines is 1. The molecular weight excluding hydrogens is 287 g/mol. The topological polar surface area (TPSA) is 28.2 Å². The van der Waals surface area contributed by atoms with Crippen molar-refractivity contribution in [3.05, 3.63) is 10.6 Å². The fourth-order valence-corrected chi connectivity index (χ4v) is 3.38. The average Bonchev–Trinajstić information content (AvgIpc) is 2.84. The van der Waals surface area contributed by atoms with Gasteiger partial charge in [-0.05, 0) is 32.2 Å². The third kappa shape index (κ3) is 3.85. The van der Waals surface area contributed by atoms with E-state index in [0.29, 0.717) is 16.6 Å². The van der Waals surface area contributed by atoms with Gasteiger partial charge in [-0.2, -0.15) is 13.2 Å². The Morgan fingerprint density at radius 3 is 2.55 bits per heavy atom. The highest BCUT2D eigenvalue weighted by atomic mass is 32.1. The van der Waals surface area contributed by atoms with Crippen LogP contribution in [0, 0.1) is 0 Å². The fourth-order valence-electron chi connectivity index (χ4n) is 2.28. The second kappa shape index (κ2) is 6.76. The molecule has 1 aromatic heterocycles. The summed E-state index contributed by atoms with van der Waals surface area (Å²) in [5, 5.41) is 3.55. The van der Waals surface area contributed by atoms with Crippen LogP contribution in [0.4, 0.5) is 18.3 Å². The van der Waals surface area contributed by atoms with E-state index >= 15 is 0 Å². The van der Waals surface area contributed by atoms with E-state index in [1.165, 1.54) is 11.3 Å². The molecule has 7 heteroatoms. The Balaban J connectivity index is 2.17. The zero-order chi connectivity index (χ0) is 14.6. The smallest absolute Gasteiger partial charge is 0.348 e.